The van der Waals surface area contributed by atoms with Gasteiger partial charge < -0.3 is 0 Å². The molecule has 0 unspecified atom stereocenters. The first-order chi connectivity index (χ1) is 23.8. The Hall–Kier alpha value is -6.45. The molecule has 0 fully saturated rings. The summed E-state index contributed by atoms with van der Waals surface area (Å²) in [6.45, 7) is 0. The molecular weight excluding hydrogens is 583 g/mol. The lowest BCUT2D eigenvalue weighted by Crippen LogP contribution is -2.00. The third-order valence-corrected chi connectivity index (χ3v) is 9.67. The van der Waals surface area contributed by atoms with Gasteiger partial charge in [-0.15, -0.1) is 0 Å². The van der Waals surface area contributed by atoms with Gasteiger partial charge in [0.2, 0.25) is 0 Å². The lowest BCUT2D eigenvalue weighted by atomic mass is 9.93. The Morgan fingerprint density at radius 1 is 0.208 bits per heavy atom. The second-order valence-corrected chi connectivity index (χ2v) is 12.4. The van der Waals surface area contributed by atoms with Crippen LogP contribution in [0, 0.1) is 0 Å². The van der Waals surface area contributed by atoms with E-state index in [0.29, 0.717) is 17.5 Å². The predicted octanol–water partition coefficient (Wildman–Crippen LogP) is 11.8. The molecule has 1 heterocycles. The molecule has 0 saturated carbocycles. The summed E-state index contributed by atoms with van der Waals surface area (Å²) < 4.78 is 0. The molecule has 10 rings (SSSR count). The van der Waals surface area contributed by atoms with Gasteiger partial charge in [-0.05, 0) is 76.8 Å². The fourth-order valence-electron chi connectivity index (χ4n) is 7.44. The van der Waals surface area contributed by atoms with Crippen molar-refractivity contribution in [2.45, 2.75) is 0 Å². The van der Waals surface area contributed by atoms with E-state index in [1.807, 2.05) is 18.2 Å². The summed E-state index contributed by atoms with van der Waals surface area (Å²) in [5.74, 6) is 1.96. The second kappa shape index (κ2) is 10.5. The number of fused-ring (bicyclic) bond motifs is 12. The molecule has 0 atom stereocenters. The SMILES string of the molecule is c1ccc(-c2nc(-c3ccc4c5ccccc5c5ccccc5c4c3)nc(-c3ccc4c5ccccc5c5ccccc5c4c3)n2)cc1. The fourth-order valence-corrected chi connectivity index (χ4v) is 7.44. The van der Waals surface area contributed by atoms with E-state index in [4.69, 9.17) is 15.0 Å². The zero-order valence-corrected chi connectivity index (χ0v) is 25.9. The van der Waals surface area contributed by atoms with Gasteiger partial charge in [0.15, 0.2) is 17.5 Å². The van der Waals surface area contributed by atoms with Crippen LogP contribution < -0.4 is 0 Å². The molecule has 3 nitrogen and oxygen atoms in total. The largest absolute Gasteiger partial charge is 0.208 e. The second-order valence-electron chi connectivity index (χ2n) is 12.4. The summed E-state index contributed by atoms with van der Waals surface area (Å²) in [6, 6.07) is 58.1. The van der Waals surface area contributed by atoms with Crippen LogP contribution in [0.5, 0.6) is 0 Å². The van der Waals surface area contributed by atoms with E-state index in [0.717, 1.165) is 16.7 Å². The Balaban J connectivity index is 1.23. The number of rotatable bonds is 3. The molecule has 0 amide bonds. The summed E-state index contributed by atoms with van der Waals surface area (Å²) in [6.07, 6.45) is 0. The van der Waals surface area contributed by atoms with Crippen LogP contribution >= 0.6 is 0 Å². The first-order valence-corrected chi connectivity index (χ1v) is 16.3. The lowest BCUT2D eigenvalue weighted by molar-refractivity contribution is 1.08. The quantitative estimate of drug-likeness (QED) is 0.187. The summed E-state index contributed by atoms with van der Waals surface area (Å²) in [5, 5.41) is 14.8. The van der Waals surface area contributed by atoms with E-state index < -0.39 is 0 Å². The summed E-state index contributed by atoms with van der Waals surface area (Å²) in [4.78, 5) is 15.3. The third kappa shape index (κ3) is 4.11. The topological polar surface area (TPSA) is 38.7 Å². The molecule has 0 radical (unpaired) electrons. The fraction of sp³-hybridized carbons (Fsp3) is 0. The average Bonchev–Trinajstić information content (AvgIpc) is 3.18. The Kier molecular flexibility index (Phi) is 5.87. The van der Waals surface area contributed by atoms with Crippen LogP contribution in [0.15, 0.2) is 164 Å². The maximum atomic E-state index is 5.18. The van der Waals surface area contributed by atoms with Crippen LogP contribution in [-0.4, -0.2) is 15.0 Å². The minimum absolute atomic E-state index is 0.654. The van der Waals surface area contributed by atoms with E-state index in [1.54, 1.807) is 0 Å². The Labute approximate surface area is 276 Å². The standard InChI is InChI=1S/C45H27N3/c1-2-12-28(13-3-1)43-46-44(29-22-24-39-35-18-6-4-14-31(35)33-16-8-10-20-37(33)41(39)26-29)48-45(47-43)30-23-25-40-36-19-7-5-15-32(36)34-17-9-11-21-38(34)42(40)27-30/h1-27H. The van der Waals surface area contributed by atoms with Gasteiger partial charge in [0, 0.05) is 16.7 Å². The van der Waals surface area contributed by atoms with Crippen molar-refractivity contribution in [1.29, 1.82) is 0 Å². The maximum absolute atomic E-state index is 5.18. The van der Waals surface area contributed by atoms with Crippen molar-refractivity contribution in [3.05, 3.63) is 164 Å². The molecule has 0 aliphatic heterocycles. The van der Waals surface area contributed by atoms with Crippen molar-refractivity contribution in [2.75, 3.05) is 0 Å². The summed E-state index contributed by atoms with van der Waals surface area (Å²) in [5.41, 5.74) is 2.87. The number of hydrogen-bond acceptors (Lipinski definition) is 3. The normalized spacial score (nSPS) is 11.8. The molecule has 0 spiro atoms. The van der Waals surface area contributed by atoms with E-state index >= 15 is 0 Å². The number of hydrogen-bond donors (Lipinski definition) is 0. The molecule has 10 aromatic rings. The van der Waals surface area contributed by atoms with Crippen molar-refractivity contribution in [2.24, 2.45) is 0 Å². The molecule has 3 heteroatoms. The number of aromatic nitrogens is 3. The van der Waals surface area contributed by atoms with Crippen LogP contribution in [0.25, 0.3) is 98.8 Å². The highest BCUT2D eigenvalue weighted by atomic mass is 15.0. The maximum Gasteiger partial charge on any atom is 0.164 e. The van der Waals surface area contributed by atoms with Gasteiger partial charge in [-0.25, -0.2) is 15.0 Å². The van der Waals surface area contributed by atoms with Crippen molar-refractivity contribution in [3.8, 4) is 34.2 Å². The molecule has 9 aromatic carbocycles. The van der Waals surface area contributed by atoms with Crippen LogP contribution in [-0.2, 0) is 0 Å². The molecule has 48 heavy (non-hydrogen) atoms. The van der Waals surface area contributed by atoms with Crippen molar-refractivity contribution in [3.63, 3.8) is 0 Å². The van der Waals surface area contributed by atoms with Gasteiger partial charge in [0.25, 0.3) is 0 Å². The molecule has 1 aromatic heterocycles. The summed E-state index contributed by atoms with van der Waals surface area (Å²) >= 11 is 0. The van der Waals surface area contributed by atoms with Crippen molar-refractivity contribution in [1.82, 2.24) is 15.0 Å². The first kappa shape index (κ1) is 26.7. The van der Waals surface area contributed by atoms with Gasteiger partial charge in [-0.3, -0.25) is 0 Å². The van der Waals surface area contributed by atoms with E-state index in [1.165, 1.54) is 64.6 Å². The highest BCUT2D eigenvalue weighted by Crippen LogP contribution is 2.39. The highest BCUT2D eigenvalue weighted by Gasteiger charge is 2.16. The Morgan fingerprint density at radius 2 is 0.479 bits per heavy atom. The lowest BCUT2D eigenvalue weighted by Gasteiger charge is -2.13. The molecule has 0 N–H and O–H groups in total. The number of benzene rings is 9. The average molecular weight is 610 g/mol. The van der Waals surface area contributed by atoms with Gasteiger partial charge in [0.05, 0.1) is 0 Å². The van der Waals surface area contributed by atoms with E-state index in [-0.39, 0.29) is 0 Å². The molecule has 0 saturated heterocycles. The Morgan fingerprint density at radius 3 is 0.833 bits per heavy atom. The van der Waals surface area contributed by atoms with Crippen LogP contribution in [0.4, 0.5) is 0 Å². The van der Waals surface area contributed by atoms with Gasteiger partial charge in [0.1, 0.15) is 0 Å². The van der Waals surface area contributed by atoms with E-state index in [2.05, 4.69) is 146 Å². The number of nitrogens with zero attached hydrogens (tertiary/aromatic N) is 3. The van der Waals surface area contributed by atoms with Crippen molar-refractivity contribution < 1.29 is 0 Å². The molecular formula is C45H27N3. The zero-order valence-electron chi connectivity index (χ0n) is 25.9. The third-order valence-electron chi connectivity index (χ3n) is 9.67. The summed E-state index contributed by atoms with van der Waals surface area (Å²) in [7, 11) is 0. The highest BCUT2D eigenvalue weighted by molar-refractivity contribution is 6.26. The first-order valence-electron chi connectivity index (χ1n) is 16.3. The smallest absolute Gasteiger partial charge is 0.164 e. The van der Waals surface area contributed by atoms with E-state index in [9.17, 15) is 0 Å². The van der Waals surface area contributed by atoms with Crippen LogP contribution in [0.3, 0.4) is 0 Å². The van der Waals surface area contributed by atoms with Crippen LogP contribution in [0.2, 0.25) is 0 Å². The minimum Gasteiger partial charge on any atom is -0.208 e. The van der Waals surface area contributed by atoms with Crippen LogP contribution in [0.1, 0.15) is 0 Å². The van der Waals surface area contributed by atoms with Crippen molar-refractivity contribution >= 4 is 64.6 Å². The Bertz CT molecular complexity index is 2650. The molecule has 0 bridgehead atoms. The zero-order chi connectivity index (χ0) is 31.6. The minimum atomic E-state index is 0.654. The van der Waals surface area contributed by atoms with Gasteiger partial charge in [-0.1, -0.05) is 152 Å². The van der Waals surface area contributed by atoms with Gasteiger partial charge >= 0.3 is 0 Å². The molecule has 0 aliphatic rings. The molecule has 0 aliphatic carbocycles. The molecule has 222 valence electrons. The van der Waals surface area contributed by atoms with Gasteiger partial charge in [-0.2, -0.15) is 0 Å². The monoisotopic (exact) mass is 609 g/mol. The predicted molar refractivity (Wildman–Crippen MR) is 201 cm³/mol.